The molecular weight excluding hydrogens is 717 g/mol. The first-order valence-electron chi connectivity index (χ1n) is 14.3. The van der Waals surface area contributed by atoms with E-state index in [1.54, 1.807) is 0 Å². The molecule has 1 radical (unpaired) electrons. The Morgan fingerprint density at radius 1 is 0.614 bits per heavy atom. The van der Waals surface area contributed by atoms with Crippen molar-refractivity contribution >= 4 is 32.7 Å². The van der Waals surface area contributed by atoms with E-state index < -0.39 is 0 Å². The number of hydrogen-bond acceptors (Lipinski definition) is 3. The fourth-order valence-corrected chi connectivity index (χ4v) is 5.55. The third-order valence-electron chi connectivity index (χ3n) is 7.67. The van der Waals surface area contributed by atoms with Gasteiger partial charge >= 0.3 is 0 Å². The predicted octanol–water partition coefficient (Wildman–Crippen LogP) is 10.4. The maximum absolute atomic E-state index is 6.08. The van der Waals surface area contributed by atoms with Crippen molar-refractivity contribution in [2.45, 2.75) is 13.8 Å². The number of furan rings is 1. The molecule has 0 amide bonds. The average Bonchev–Trinajstić information content (AvgIpc) is 3.45. The summed E-state index contributed by atoms with van der Waals surface area (Å²) in [6.45, 7) is 4.12. The topological polar surface area (TPSA) is 38.9 Å². The van der Waals surface area contributed by atoms with Crippen molar-refractivity contribution in [3.63, 3.8) is 0 Å². The molecule has 0 aliphatic carbocycles. The quantitative estimate of drug-likeness (QED) is 0.169. The molecule has 0 aliphatic rings. The van der Waals surface area contributed by atoms with E-state index >= 15 is 0 Å². The summed E-state index contributed by atoms with van der Waals surface area (Å²) in [6.07, 6.45) is 3.71. The van der Waals surface area contributed by atoms with Crippen LogP contribution in [0.15, 0.2) is 138 Å². The average molecular weight is 745 g/mol. The summed E-state index contributed by atoms with van der Waals surface area (Å²) in [5.74, 6) is 0. The largest absolute Gasteiger partial charge is 0.456 e. The van der Waals surface area contributed by atoms with Gasteiger partial charge in [0, 0.05) is 43.3 Å². The van der Waals surface area contributed by atoms with Gasteiger partial charge in [-0.2, -0.15) is 0 Å². The number of aryl methyl sites for hydroxylation is 2. The van der Waals surface area contributed by atoms with Crippen LogP contribution in [-0.2, 0) is 20.1 Å². The summed E-state index contributed by atoms with van der Waals surface area (Å²) in [5.41, 5.74) is 10.5. The van der Waals surface area contributed by atoms with E-state index in [2.05, 4.69) is 95.8 Å². The van der Waals surface area contributed by atoms with Crippen molar-refractivity contribution in [3.8, 4) is 33.6 Å². The smallest absolute Gasteiger partial charge is 0.136 e. The third-order valence-corrected chi connectivity index (χ3v) is 7.67. The molecule has 3 aromatic heterocycles. The van der Waals surface area contributed by atoms with Crippen molar-refractivity contribution in [1.29, 1.82) is 0 Å². The summed E-state index contributed by atoms with van der Waals surface area (Å²) in [6, 6.07) is 47.7. The molecule has 44 heavy (non-hydrogen) atoms. The number of para-hydroxylation sites is 1. The number of pyridine rings is 2. The van der Waals surface area contributed by atoms with Crippen LogP contribution < -0.4 is 0 Å². The Morgan fingerprint density at radius 2 is 1.45 bits per heavy atom. The maximum atomic E-state index is 6.08. The van der Waals surface area contributed by atoms with Crippen molar-refractivity contribution in [3.05, 3.63) is 157 Å². The molecule has 3 nitrogen and oxygen atoms in total. The molecule has 5 aromatic carbocycles. The van der Waals surface area contributed by atoms with Gasteiger partial charge in [-0.25, -0.2) is 0 Å². The van der Waals surface area contributed by atoms with Gasteiger partial charge in [0.05, 0.1) is 0 Å². The summed E-state index contributed by atoms with van der Waals surface area (Å²) in [5, 5.41) is 4.75. The molecule has 0 atom stereocenters. The number of hydrogen-bond donors (Lipinski definition) is 0. The van der Waals surface area contributed by atoms with Gasteiger partial charge in [0.1, 0.15) is 11.2 Å². The fourth-order valence-electron chi connectivity index (χ4n) is 5.55. The molecule has 0 unspecified atom stereocenters. The van der Waals surface area contributed by atoms with Crippen molar-refractivity contribution in [1.82, 2.24) is 9.97 Å². The zero-order chi connectivity index (χ0) is 29.2. The molecule has 0 saturated heterocycles. The van der Waals surface area contributed by atoms with Gasteiger partial charge in [-0.3, -0.25) is 0 Å². The van der Waals surface area contributed by atoms with Crippen LogP contribution in [-0.4, -0.2) is 9.97 Å². The van der Waals surface area contributed by atoms with E-state index in [9.17, 15) is 0 Å². The third kappa shape index (κ3) is 5.70. The number of rotatable bonds is 3. The first-order valence-corrected chi connectivity index (χ1v) is 14.3. The molecule has 0 spiro atoms. The number of fused-ring (bicyclic) bond motifs is 5. The minimum absolute atomic E-state index is 0. The Morgan fingerprint density at radius 3 is 2.27 bits per heavy atom. The monoisotopic (exact) mass is 745 g/mol. The number of aromatic nitrogens is 2. The minimum atomic E-state index is 0. The van der Waals surface area contributed by atoms with Gasteiger partial charge in [0.25, 0.3) is 0 Å². The van der Waals surface area contributed by atoms with Gasteiger partial charge in [0.2, 0.25) is 0 Å². The summed E-state index contributed by atoms with van der Waals surface area (Å²) >= 11 is 0. The molecule has 0 fully saturated rings. The molecule has 0 N–H and O–H groups in total. The van der Waals surface area contributed by atoms with Gasteiger partial charge in [-0.05, 0) is 65.3 Å². The van der Waals surface area contributed by atoms with Gasteiger partial charge < -0.3 is 14.4 Å². The molecule has 8 rings (SSSR count). The molecule has 3 heterocycles. The Hall–Kier alpha value is -4.89. The predicted molar refractivity (Wildman–Crippen MR) is 177 cm³/mol. The Kier molecular flexibility index (Phi) is 8.47. The van der Waals surface area contributed by atoms with Crippen LogP contribution in [0.1, 0.15) is 11.1 Å². The first kappa shape index (κ1) is 29.2. The minimum Gasteiger partial charge on any atom is -0.456 e. The molecule has 0 aliphatic heterocycles. The Balaban J connectivity index is 0.000000207. The Labute approximate surface area is 270 Å². The van der Waals surface area contributed by atoms with Crippen LogP contribution >= 0.6 is 0 Å². The van der Waals surface area contributed by atoms with Crippen molar-refractivity contribution < 1.29 is 24.5 Å². The maximum Gasteiger partial charge on any atom is 0.136 e. The van der Waals surface area contributed by atoms with Gasteiger partial charge in [-0.1, -0.05) is 66.2 Å². The fraction of sp³-hybridized carbons (Fsp3) is 0.0500. The van der Waals surface area contributed by atoms with E-state index in [-0.39, 0.29) is 20.1 Å². The SMILES string of the molecule is Cc1ccc(-c2[c-]cccc2)nc1.Cc1cccnc1-c1[c-]ccc(-c2cccc3c2ccc2oc4ccccc4c23)c1.[Ir]. The van der Waals surface area contributed by atoms with E-state index in [0.717, 1.165) is 50.2 Å². The summed E-state index contributed by atoms with van der Waals surface area (Å²) < 4.78 is 6.08. The van der Waals surface area contributed by atoms with E-state index in [4.69, 9.17) is 4.42 Å². The number of nitrogens with zero attached hydrogens (tertiary/aromatic N) is 2. The summed E-state index contributed by atoms with van der Waals surface area (Å²) in [4.78, 5) is 8.89. The van der Waals surface area contributed by atoms with Crippen LogP contribution in [0.5, 0.6) is 0 Å². The van der Waals surface area contributed by atoms with Gasteiger partial charge in [0.15, 0.2) is 0 Å². The van der Waals surface area contributed by atoms with Crippen LogP contribution in [0.25, 0.3) is 66.4 Å². The molecule has 8 aromatic rings. The van der Waals surface area contributed by atoms with E-state index in [1.165, 1.54) is 27.3 Å². The zero-order valence-electron chi connectivity index (χ0n) is 24.3. The normalized spacial score (nSPS) is 10.8. The second kappa shape index (κ2) is 12.8. The van der Waals surface area contributed by atoms with E-state index in [1.807, 2.05) is 73.9 Å². The van der Waals surface area contributed by atoms with Crippen molar-refractivity contribution in [2.24, 2.45) is 0 Å². The van der Waals surface area contributed by atoms with Crippen LogP contribution in [0.2, 0.25) is 0 Å². The number of benzene rings is 5. The zero-order valence-corrected chi connectivity index (χ0v) is 26.7. The van der Waals surface area contributed by atoms with E-state index in [0.29, 0.717) is 0 Å². The van der Waals surface area contributed by atoms with Gasteiger partial charge in [-0.15, -0.1) is 71.3 Å². The molecule has 4 heteroatoms. The van der Waals surface area contributed by atoms with Crippen LogP contribution in [0.3, 0.4) is 0 Å². The van der Waals surface area contributed by atoms with Crippen molar-refractivity contribution in [2.75, 3.05) is 0 Å². The van der Waals surface area contributed by atoms with Crippen LogP contribution in [0.4, 0.5) is 0 Å². The van der Waals surface area contributed by atoms with Crippen LogP contribution in [0, 0.1) is 26.0 Å². The second-order valence-corrected chi connectivity index (χ2v) is 10.6. The standard InChI is InChI=1S/C28H18NO.C12H10N.Ir/c1-18-7-6-16-29-28(18)20-9-4-8-19(17-20)21-11-5-12-23-22(21)14-15-26-27(23)24-10-2-3-13-25(24)30-26;1-10-7-8-12(13-9-10)11-5-3-2-4-6-11;/h2-8,10-17H,1H3;2-5,7-9H,1H3;/q2*-1;. The second-order valence-electron chi connectivity index (χ2n) is 10.6. The molecule has 215 valence electrons. The molecular formula is C40H28IrN2O-2. The summed E-state index contributed by atoms with van der Waals surface area (Å²) in [7, 11) is 0. The first-order chi connectivity index (χ1) is 21.2. The Bertz CT molecular complexity index is 2200. The molecule has 0 saturated carbocycles. The molecule has 0 bridgehead atoms.